The SMILES string of the molecule is CCOc1cc(C(=O)N/N=C/c2cccc(OCC(=O)Nc3cccc(C)c3)c2)ccc1OC. The third-order valence-corrected chi connectivity index (χ3v) is 4.64. The van der Waals surface area contributed by atoms with Gasteiger partial charge in [0.15, 0.2) is 18.1 Å². The summed E-state index contributed by atoms with van der Waals surface area (Å²) in [5.74, 6) is 0.887. The van der Waals surface area contributed by atoms with Crippen LogP contribution in [0.15, 0.2) is 71.8 Å². The zero-order valence-electron chi connectivity index (χ0n) is 19.3. The summed E-state index contributed by atoms with van der Waals surface area (Å²) >= 11 is 0. The normalized spacial score (nSPS) is 10.6. The Morgan fingerprint density at radius 3 is 2.56 bits per heavy atom. The van der Waals surface area contributed by atoms with Gasteiger partial charge in [0.1, 0.15) is 5.75 Å². The van der Waals surface area contributed by atoms with Crippen LogP contribution in [0.1, 0.15) is 28.4 Å². The molecule has 3 aromatic carbocycles. The molecule has 2 N–H and O–H groups in total. The lowest BCUT2D eigenvalue weighted by Crippen LogP contribution is -2.20. The fraction of sp³-hybridized carbons (Fsp3) is 0.192. The zero-order valence-corrected chi connectivity index (χ0v) is 19.3. The standard InChI is InChI=1S/C26H27N3O5/c1-4-33-24-15-20(11-12-23(24)32-3)26(31)29-27-16-19-8-6-10-22(14-19)34-17-25(30)28-21-9-5-7-18(2)13-21/h5-16H,4,17H2,1-3H3,(H,28,30)(H,29,31)/b27-16+. The third kappa shape index (κ3) is 7.09. The second-order valence-electron chi connectivity index (χ2n) is 7.28. The molecule has 0 saturated carbocycles. The molecular formula is C26H27N3O5. The Bertz CT molecular complexity index is 1180. The van der Waals surface area contributed by atoms with E-state index in [0.29, 0.717) is 35.0 Å². The van der Waals surface area contributed by atoms with Gasteiger partial charge < -0.3 is 19.5 Å². The molecular weight excluding hydrogens is 434 g/mol. The molecule has 0 aliphatic heterocycles. The van der Waals surface area contributed by atoms with Crippen LogP contribution in [0.4, 0.5) is 5.69 Å². The summed E-state index contributed by atoms with van der Waals surface area (Å²) in [6.45, 7) is 4.12. The van der Waals surface area contributed by atoms with Gasteiger partial charge in [-0.15, -0.1) is 0 Å². The van der Waals surface area contributed by atoms with Crippen molar-refractivity contribution in [2.45, 2.75) is 13.8 Å². The van der Waals surface area contributed by atoms with E-state index in [1.165, 1.54) is 13.3 Å². The van der Waals surface area contributed by atoms with E-state index in [4.69, 9.17) is 14.2 Å². The van der Waals surface area contributed by atoms with Crippen molar-refractivity contribution in [1.82, 2.24) is 5.43 Å². The first-order valence-corrected chi connectivity index (χ1v) is 10.7. The zero-order chi connectivity index (χ0) is 24.3. The highest BCUT2D eigenvalue weighted by atomic mass is 16.5. The molecule has 8 nitrogen and oxygen atoms in total. The molecule has 0 fully saturated rings. The Morgan fingerprint density at radius 2 is 1.79 bits per heavy atom. The largest absolute Gasteiger partial charge is 0.493 e. The second kappa shape index (κ2) is 12.1. The van der Waals surface area contributed by atoms with Crippen molar-refractivity contribution in [3.05, 3.63) is 83.4 Å². The lowest BCUT2D eigenvalue weighted by atomic mass is 10.2. The summed E-state index contributed by atoms with van der Waals surface area (Å²) in [6.07, 6.45) is 1.49. The molecule has 8 heteroatoms. The number of carbonyl (C=O) groups is 2. The molecule has 3 rings (SSSR count). The first-order valence-electron chi connectivity index (χ1n) is 10.7. The highest BCUT2D eigenvalue weighted by Crippen LogP contribution is 2.28. The van der Waals surface area contributed by atoms with Crippen molar-refractivity contribution >= 4 is 23.7 Å². The first-order chi connectivity index (χ1) is 16.5. The van der Waals surface area contributed by atoms with Crippen LogP contribution in [-0.4, -0.2) is 38.4 Å². The molecule has 3 aromatic rings. The second-order valence-corrected chi connectivity index (χ2v) is 7.28. The van der Waals surface area contributed by atoms with Gasteiger partial charge in [-0.25, -0.2) is 5.43 Å². The van der Waals surface area contributed by atoms with E-state index < -0.39 is 0 Å². The van der Waals surface area contributed by atoms with Crippen molar-refractivity contribution in [3.63, 3.8) is 0 Å². The predicted octanol–water partition coefficient (Wildman–Crippen LogP) is 4.18. The molecule has 176 valence electrons. The topological polar surface area (TPSA) is 98.3 Å². The number of anilines is 1. The van der Waals surface area contributed by atoms with Crippen molar-refractivity contribution in [2.24, 2.45) is 5.10 Å². The third-order valence-electron chi connectivity index (χ3n) is 4.64. The number of nitrogens with zero attached hydrogens (tertiary/aromatic N) is 1. The van der Waals surface area contributed by atoms with Crippen LogP contribution < -0.4 is 25.0 Å². The van der Waals surface area contributed by atoms with Crippen LogP contribution in [0.25, 0.3) is 0 Å². The van der Waals surface area contributed by atoms with E-state index in [9.17, 15) is 9.59 Å². The average Bonchev–Trinajstić information content (AvgIpc) is 2.83. The summed E-state index contributed by atoms with van der Waals surface area (Å²) in [6, 6.07) is 19.5. The summed E-state index contributed by atoms with van der Waals surface area (Å²) in [4.78, 5) is 24.6. The lowest BCUT2D eigenvalue weighted by molar-refractivity contribution is -0.118. The Balaban J connectivity index is 1.54. The van der Waals surface area contributed by atoms with E-state index in [0.717, 1.165) is 11.3 Å². The lowest BCUT2D eigenvalue weighted by Gasteiger charge is -2.10. The van der Waals surface area contributed by atoms with Crippen molar-refractivity contribution < 1.29 is 23.8 Å². The fourth-order valence-electron chi connectivity index (χ4n) is 3.07. The highest BCUT2D eigenvalue weighted by molar-refractivity contribution is 5.95. The van der Waals surface area contributed by atoms with E-state index in [1.807, 2.05) is 38.1 Å². The molecule has 0 aromatic heterocycles. The number of carbonyl (C=O) groups excluding carboxylic acids is 2. The molecule has 2 amide bonds. The molecule has 0 atom stereocenters. The number of hydrogen-bond donors (Lipinski definition) is 2. The number of rotatable bonds is 10. The van der Waals surface area contributed by atoms with E-state index >= 15 is 0 Å². The summed E-state index contributed by atoms with van der Waals surface area (Å²) in [5, 5.41) is 6.80. The number of hydrogen-bond acceptors (Lipinski definition) is 6. The van der Waals surface area contributed by atoms with Crippen LogP contribution in [0, 0.1) is 6.92 Å². The fourth-order valence-corrected chi connectivity index (χ4v) is 3.07. The van der Waals surface area contributed by atoms with Crippen LogP contribution in [0.2, 0.25) is 0 Å². The van der Waals surface area contributed by atoms with Crippen LogP contribution >= 0.6 is 0 Å². The number of hydrazone groups is 1. The summed E-state index contributed by atoms with van der Waals surface area (Å²) in [5.41, 5.74) is 5.34. The van der Waals surface area contributed by atoms with Crippen molar-refractivity contribution in [2.75, 3.05) is 25.6 Å². The predicted molar refractivity (Wildman–Crippen MR) is 131 cm³/mol. The molecule has 0 radical (unpaired) electrons. The monoisotopic (exact) mass is 461 g/mol. The van der Waals surface area contributed by atoms with Crippen LogP contribution in [-0.2, 0) is 4.79 Å². The van der Waals surface area contributed by atoms with Crippen molar-refractivity contribution in [3.8, 4) is 17.2 Å². The summed E-state index contributed by atoms with van der Waals surface area (Å²) in [7, 11) is 1.54. The quantitative estimate of drug-likeness (QED) is 0.349. The van der Waals surface area contributed by atoms with Gasteiger partial charge in [-0.3, -0.25) is 9.59 Å². The minimum atomic E-state index is -0.389. The molecule has 0 aliphatic rings. The summed E-state index contributed by atoms with van der Waals surface area (Å²) < 4.78 is 16.3. The molecule has 0 spiro atoms. The number of benzene rings is 3. The average molecular weight is 462 g/mol. The number of ether oxygens (including phenoxy) is 3. The van der Waals surface area contributed by atoms with Gasteiger partial charge in [-0.2, -0.15) is 5.10 Å². The van der Waals surface area contributed by atoms with Gasteiger partial charge in [0.05, 0.1) is 19.9 Å². The molecule has 34 heavy (non-hydrogen) atoms. The molecule has 0 bridgehead atoms. The van der Waals surface area contributed by atoms with E-state index in [1.54, 1.807) is 42.5 Å². The van der Waals surface area contributed by atoms with Gasteiger partial charge in [-0.05, 0) is 67.4 Å². The maximum atomic E-state index is 12.4. The molecule has 0 saturated heterocycles. The molecule has 0 heterocycles. The van der Waals surface area contributed by atoms with Crippen LogP contribution in [0.5, 0.6) is 17.2 Å². The number of methoxy groups -OCH3 is 1. The Labute approximate surface area is 198 Å². The maximum absolute atomic E-state index is 12.4. The van der Waals surface area contributed by atoms with Crippen LogP contribution in [0.3, 0.4) is 0 Å². The Morgan fingerprint density at radius 1 is 0.971 bits per heavy atom. The highest BCUT2D eigenvalue weighted by Gasteiger charge is 2.10. The van der Waals surface area contributed by atoms with Gasteiger partial charge in [0, 0.05) is 11.3 Å². The molecule has 0 aliphatic carbocycles. The first kappa shape index (κ1) is 24.3. The number of aryl methyl sites for hydroxylation is 1. The number of amides is 2. The van der Waals surface area contributed by atoms with Crippen molar-refractivity contribution in [1.29, 1.82) is 0 Å². The number of nitrogens with one attached hydrogen (secondary N) is 2. The van der Waals surface area contributed by atoms with Gasteiger partial charge in [0.25, 0.3) is 11.8 Å². The van der Waals surface area contributed by atoms with E-state index in [2.05, 4.69) is 15.8 Å². The smallest absolute Gasteiger partial charge is 0.271 e. The Hall–Kier alpha value is -4.33. The molecule has 0 unspecified atom stereocenters. The maximum Gasteiger partial charge on any atom is 0.271 e. The van der Waals surface area contributed by atoms with Gasteiger partial charge >= 0.3 is 0 Å². The van der Waals surface area contributed by atoms with Gasteiger partial charge in [0.2, 0.25) is 0 Å². The van der Waals surface area contributed by atoms with E-state index in [-0.39, 0.29) is 18.4 Å². The minimum absolute atomic E-state index is 0.134. The Kier molecular flexibility index (Phi) is 8.62. The minimum Gasteiger partial charge on any atom is -0.493 e. The van der Waals surface area contributed by atoms with Gasteiger partial charge in [-0.1, -0.05) is 24.3 Å².